The Bertz CT molecular complexity index is 901. The first-order chi connectivity index (χ1) is 12.9. The number of nitrogens with one attached hydrogen (secondary N) is 1. The molecule has 3 aliphatic rings. The highest BCUT2D eigenvalue weighted by atomic mass is 16.2. The van der Waals surface area contributed by atoms with Gasteiger partial charge in [0.25, 0.3) is 5.91 Å². The lowest BCUT2D eigenvalue weighted by Crippen LogP contribution is -2.48. The van der Waals surface area contributed by atoms with Crippen LogP contribution in [0.1, 0.15) is 34.5 Å². The number of aromatic amines is 1. The first kappa shape index (κ1) is 17.9. The van der Waals surface area contributed by atoms with Crippen molar-refractivity contribution in [3.63, 3.8) is 0 Å². The van der Waals surface area contributed by atoms with Crippen LogP contribution in [-0.2, 0) is 0 Å². The number of benzene rings is 1. The van der Waals surface area contributed by atoms with E-state index in [-0.39, 0.29) is 18.0 Å². The molecule has 2 bridgehead atoms. The van der Waals surface area contributed by atoms with Crippen molar-refractivity contribution in [2.75, 3.05) is 33.7 Å². The maximum atomic E-state index is 13.5. The standard InChI is InChI=1S/C21H28N4O2/c1-13-14(2)22-19-17(13)6-5-7-18(19)20(26)25-11-15-8-9-16(25)12-24(10-15)21(27)23(3)4/h5-7,15-16,22H,8-12H2,1-4H3/t15-,16+/m0/s1. The van der Waals surface area contributed by atoms with Crippen LogP contribution in [0.4, 0.5) is 4.79 Å². The lowest BCUT2D eigenvalue weighted by molar-refractivity contribution is 0.0587. The van der Waals surface area contributed by atoms with Gasteiger partial charge in [0.05, 0.1) is 11.1 Å². The number of piperidine rings is 1. The van der Waals surface area contributed by atoms with Gasteiger partial charge < -0.3 is 19.7 Å². The van der Waals surface area contributed by atoms with E-state index in [1.54, 1.807) is 19.0 Å². The third-order valence-corrected chi connectivity index (χ3v) is 6.20. The SMILES string of the molecule is Cc1[nH]c2c(C(=O)N3C[C@H]4CC[C@@H]3CN(C(=O)N(C)C)C4)cccc2c1C. The molecule has 3 fully saturated rings. The molecule has 5 rings (SSSR count). The van der Waals surface area contributed by atoms with Crippen molar-refractivity contribution in [2.45, 2.75) is 32.7 Å². The first-order valence-corrected chi connectivity index (χ1v) is 9.72. The number of carbonyl (C=O) groups is 2. The highest BCUT2D eigenvalue weighted by Crippen LogP contribution is 2.31. The number of rotatable bonds is 1. The molecule has 0 unspecified atom stereocenters. The predicted molar refractivity (Wildman–Crippen MR) is 106 cm³/mol. The highest BCUT2D eigenvalue weighted by Gasteiger charge is 2.39. The molecule has 3 aliphatic heterocycles. The summed E-state index contributed by atoms with van der Waals surface area (Å²) in [5, 5.41) is 1.11. The predicted octanol–water partition coefficient (Wildman–Crippen LogP) is 3.00. The summed E-state index contributed by atoms with van der Waals surface area (Å²) in [6, 6.07) is 6.08. The Kier molecular flexibility index (Phi) is 4.36. The van der Waals surface area contributed by atoms with Crippen LogP contribution >= 0.6 is 0 Å². The van der Waals surface area contributed by atoms with Crippen molar-refractivity contribution >= 4 is 22.8 Å². The average molecular weight is 368 g/mol. The number of aromatic nitrogens is 1. The van der Waals surface area contributed by atoms with Crippen molar-refractivity contribution in [1.29, 1.82) is 0 Å². The van der Waals surface area contributed by atoms with Crippen molar-refractivity contribution in [3.8, 4) is 0 Å². The summed E-state index contributed by atoms with van der Waals surface area (Å²) in [6.07, 6.45) is 2.04. The molecule has 2 aromatic rings. The third-order valence-electron chi connectivity index (χ3n) is 6.20. The number of hydrogen-bond donors (Lipinski definition) is 1. The Morgan fingerprint density at radius 1 is 1.11 bits per heavy atom. The van der Waals surface area contributed by atoms with Gasteiger partial charge in [0.15, 0.2) is 0 Å². The fourth-order valence-corrected chi connectivity index (χ4v) is 4.59. The number of carbonyl (C=O) groups excluding carboxylic acids is 2. The van der Waals surface area contributed by atoms with Gasteiger partial charge in [-0.15, -0.1) is 0 Å². The minimum absolute atomic E-state index is 0.0407. The number of fused-ring (bicyclic) bond motifs is 5. The van der Waals surface area contributed by atoms with Gasteiger partial charge in [-0.3, -0.25) is 4.79 Å². The monoisotopic (exact) mass is 368 g/mol. The molecule has 4 heterocycles. The summed E-state index contributed by atoms with van der Waals surface area (Å²) in [5.41, 5.74) is 3.96. The van der Waals surface area contributed by atoms with Gasteiger partial charge in [-0.2, -0.15) is 0 Å². The van der Waals surface area contributed by atoms with Crippen LogP contribution in [0.2, 0.25) is 0 Å². The number of H-pyrrole nitrogens is 1. The lowest BCUT2D eigenvalue weighted by atomic mass is 9.94. The number of aryl methyl sites for hydroxylation is 2. The Balaban J connectivity index is 1.66. The molecular weight excluding hydrogens is 340 g/mol. The molecular formula is C21H28N4O2. The molecule has 6 heteroatoms. The molecule has 0 spiro atoms. The molecule has 144 valence electrons. The molecule has 6 nitrogen and oxygen atoms in total. The minimum Gasteiger partial charge on any atom is -0.358 e. The maximum Gasteiger partial charge on any atom is 0.319 e. The summed E-state index contributed by atoms with van der Waals surface area (Å²) in [4.78, 5) is 34.9. The van der Waals surface area contributed by atoms with E-state index in [2.05, 4.69) is 18.0 Å². The van der Waals surface area contributed by atoms with E-state index in [9.17, 15) is 9.59 Å². The van der Waals surface area contributed by atoms with E-state index in [1.807, 2.05) is 28.9 Å². The molecule has 2 atom stereocenters. The van der Waals surface area contributed by atoms with Crippen molar-refractivity contribution in [2.24, 2.45) is 5.92 Å². The molecule has 3 amide bonds. The zero-order valence-corrected chi connectivity index (χ0v) is 16.6. The summed E-state index contributed by atoms with van der Waals surface area (Å²) in [5.74, 6) is 0.429. The van der Waals surface area contributed by atoms with Crippen molar-refractivity contribution < 1.29 is 9.59 Å². The van der Waals surface area contributed by atoms with Gasteiger partial charge in [-0.05, 0) is 44.2 Å². The number of para-hydroxylation sites is 1. The van der Waals surface area contributed by atoms with Gasteiger partial charge in [0.1, 0.15) is 0 Å². The zero-order chi connectivity index (χ0) is 19.3. The summed E-state index contributed by atoms with van der Waals surface area (Å²) in [7, 11) is 3.57. The second kappa shape index (κ2) is 6.59. The molecule has 0 saturated carbocycles. The van der Waals surface area contributed by atoms with E-state index in [1.165, 1.54) is 5.56 Å². The van der Waals surface area contributed by atoms with Crippen molar-refractivity contribution in [3.05, 3.63) is 35.0 Å². The number of hydrogen-bond acceptors (Lipinski definition) is 2. The fourth-order valence-electron chi connectivity index (χ4n) is 4.59. The number of nitrogens with zero attached hydrogens (tertiary/aromatic N) is 3. The Morgan fingerprint density at radius 3 is 2.63 bits per heavy atom. The van der Waals surface area contributed by atoms with Crippen LogP contribution in [0.15, 0.2) is 18.2 Å². The van der Waals surface area contributed by atoms with Crippen LogP contribution in [-0.4, -0.2) is 71.4 Å². The van der Waals surface area contributed by atoms with E-state index in [0.29, 0.717) is 12.5 Å². The molecule has 27 heavy (non-hydrogen) atoms. The van der Waals surface area contributed by atoms with Gasteiger partial charge >= 0.3 is 6.03 Å². The summed E-state index contributed by atoms with van der Waals surface area (Å²) in [6.45, 7) is 6.22. The van der Waals surface area contributed by atoms with Crippen LogP contribution < -0.4 is 0 Å². The van der Waals surface area contributed by atoms with Gasteiger partial charge in [0, 0.05) is 50.9 Å². The second-order valence-electron chi connectivity index (χ2n) is 8.24. The average Bonchev–Trinajstić information content (AvgIpc) is 2.84. The van der Waals surface area contributed by atoms with Crippen LogP contribution in [0.25, 0.3) is 10.9 Å². The summed E-state index contributed by atoms with van der Waals surface area (Å²) >= 11 is 0. The van der Waals surface area contributed by atoms with Crippen LogP contribution in [0.3, 0.4) is 0 Å². The molecule has 1 aromatic carbocycles. The topological polar surface area (TPSA) is 59.7 Å². The fraction of sp³-hybridized carbons (Fsp3) is 0.524. The highest BCUT2D eigenvalue weighted by molar-refractivity contribution is 6.07. The first-order valence-electron chi connectivity index (χ1n) is 9.72. The van der Waals surface area contributed by atoms with Gasteiger partial charge in [0.2, 0.25) is 0 Å². The number of amides is 3. The summed E-state index contributed by atoms with van der Waals surface area (Å²) < 4.78 is 0. The number of urea groups is 1. The molecule has 0 aliphatic carbocycles. The smallest absolute Gasteiger partial charge is 0.319 e. The second-order valence-corrected chi connectivity index (χ2v) is 8.24. The Hall–Kier alpha value is -2.50. The third kappa shape index (κ3) is 2.97. The van der Waals surface area contributed by atoms with Crippen LogP contribution in [0, 0.1) is 19.8 Å². The Labute approximate surface area is 160 Å². The quantitative estimate of drug-likeness (QED) is 0.841. The maximum absolute atomic E-state index is 13.5. The molecule has 1 N–H and O–H groups in total. The van der Waals surface area contributed by atoms with E-state index in [0.717, 1.165) is 48.1 Å². The molecule has 1 aromatic heterocycles. The molecule has 0 radical (unpaired) electrons. The van der Waals surface area contributed by atoms with Gasteiger partial charge in [-0.1, -0.05) is 12.1 Å². The lowest BCUT2D eigenvalue weighted by Gasteiger charge is -2.36. The van der Waals surface area contributed by atoms with Crippen LogP contribution in [0.5, 0.6) is 0 Å². The van der Waals surface area contributed by atoms with Gasteiger partial charge in [-0.25, -0.2) is 4.79 Å². The van der Waals surface area contributed by atoms with E-state index >= 15 is 0 Å². The van der Waals surface area contributed by atoms with E-state index in [4.69, 9.17) is 0 Å². The normalized spacial score (nSPS) is 22.2. The van der Waals surface area contributed by atoms with Crippen molar-refractivity contribution in [1.82, 2.24) is 19.7 Å². The molecule has 3 saturated heterocycles. The Morgan fingerprint density at radius 2 is 1.89 bits per heavy atom. The zero-order valence-electron chi connectivity index (χ0n) is 16.6. The van der Waals surface area contributed by atoms with E-state index < -0.39 is 0 Å². The minimum atomic E-state index is 0.0407. The largest absolute Gasteiger partial charge is 0.358 e.